The van der Waals surface area contributed by atoms with Crippen LogP contribution in [-0.2, 0) is 17.8 Å². The normalized spacial score (nSPS) is 10.5. The second kappa shape index (κ2) is 12.0. The molecule has 0 aliphatic heterocycles. The van der Waals surface area contributed by atoms with Crippen LogP contribution in [0.25, 0.3) is 11.0 Å². The Kier molecular flexibility index (Phi) is 9.39. The minimum atomic E-state index is -0.578. The summed E-state index contributed by atoms with van der Waals surface area (Å²) >= 11 is 5.92. The zero-order valence-corrected chi connectivity index (χ0v) is 17.5. The Morgan fingerprint density at radius 1 is 1.26 bits per heavy atom. The molecule has 1 aromatic heterocycles. The number of aryl methyl sites for hydroxylation is 1. The van der Waals surface area contributed by atoms with Gasteiger partial charge in [-0.2, -0.15) is 0 Å². The lowest BCUT2D eigenvalue weighted by Crippen LogP contribution is -2.18. The Morgan fingerprint density at radius 3 is 2.68 bits per heavy atom. The summed E-state index contributed by atoms with van der Waals surface area (Å²) in [5, 5.41) is 15.8. The van der Waals surface area contributed by atoms with Crippen LogP contribution in [0.4, 0.5) is 4.39 Å². The number of nitrogens with one attached hydrogen (secondary N) is 1. The molecule has 0 saturated carbocycles. The van der Waals surface area contributed by atoms with E-state index in [0.717, 1.165) is 30.7 Å². The summed E-state index contributed by atoms with van der Waals surface area (Å²) in [6, 6.07) is 9.86. The lowest BCUT2D eigenvalue weighted by molar-refractivity contribution is -0.122. The Bertz CT molecular complexity index is 1040. The number of nitrogens with two attached hydrogens (primary N) is 1. The molecule has 5 N–H and O–H groups in total. The minimum Gasteiger partial charge on any atom is -0.483 e. The predicted octanol–water partition coefficient (Wildman–Crippen LogP) is 3.37. The average molecular weight is 451 g/mol. The van der Waals surface area contributed by atoms with Crippen molar-refractivity contribution in [2.45, 2.75) is 32.2 Å². The van der Waals surface area contributed by atoms with E-state index in [9.17, 15) is 9.18 Å². The number of aromatic nitrogens is 2. The highest BCUT2D eigenvalue weighted by atomic mass is 35.5. The minimum absolute atomic E-state index is 0.0356. The number of carbonyl (C=O) groups excluding carboxylic acids is 1. The number of nitrogens with zero attached hydrogens (tertiary/aromatic N) is 2. The number of rotatable bonds is 8. The second-order valence-corrected chi connectivity index (χ2v) is 7.11. The zero-order valence-electron chi connectivity index (χ0n) is 16.7. The average Bonchev–Trinajstić information content (AvgIpc) is 3.07. The molecule has 0 bridgehead atoms. The van der Waals surface area contributed by atoms with E-state index in [1.807, 2.05) is 10.6 Å². The monoisotopic (exact) mass is 450 g/mol. The van der Waals surface area contributed by atoms with Crippen molar-refractivity contribution >= 4 is 35.0 Å². The summed E-state index contributed by atoms with van der Waals surface area (Å²) in [6.45, 7) is 1.07. The van der Waals surface area contributed by atoms with Crippen LogP contribution in [-0.4, -0.2) is 38.8 Å². The molecule has 10 heteroatoms. The number of hydroxylamine groups is 1. The van der Waals surface area contributed by atoms with Gasteiger partial charge in [-0.1, -0.05) is 30.2 Å². The largest absolute Gasteiger partial charge is 0.483 e. The molecule has 166 valence electrons. The lowest BCUT2D eigenvalue weighted by Gasteiger charge is -2.10. The molecule has 0 spiro atoms. The van der Waals surface area contributed by atoms with Crippen molar-refractivity contribution in [3.63, 3.8) is 0 Å². The van der Waals surface area contributed by atoms with Gasteiger partial charge in [0.25, 0.3) is 12.4 Å². The van der Waals surface area contributed by atoms with Crippen LogP contribution < -0.4 is 11.2 Å². The van der Waals surface area contributed by atoms with E-state index in [1.165, 1.54) is 12.1 Å². The van der Waals surface area contributed by atoms with Crippen LogP contribution in [0, 0.1) is 5.82 Å². The quantitative estimate of drug-likeness (QED) is 0.180. The van der Waals surface area contributed by atoms with Crippen LogP contribution in [0.1, 0.15) is 41.0 Å². The SMILES string of the molecule is NCCCCCn1c(Cc2cccc(C(=O)NO)c2)nc2cc(Cl)c(F)cc21.O=CO. The van der Waals surface area contributed by atoms with Gasteiger partial charge in [-0.05, 0) is 43.1 Å². The molecule has 0 fully saturated rings. The smallest absolute Gasteiger partial charge is 0.290 e. The van der Waals surface area contributed by atoms with E-state index in [-0.39, 0.29) is 11.5 Å². The molecule has 0 atom stereocenters. The maximum absolute atomic E-state index is 14.0. The van der Waals surface area contributed by atoms with Crippen LogP contribution in [0.3, 0.4) is 0 Å². The maximum atomic E-state index is 14.0. The third-order valence-electron chi connectivity index (χ3n) is 4.61. The third kappa shape index (κ3) is 6.48. The molecule has 0 aliphatic carbocycles. The first-order chi connectivity index (χ1) is 14.9. The highest BCUT2D eigenvalue weighted by molar-refractivity contribution is 6.31. The number of fused-ring (bicyclic) bond motifs is 1. The van der Waals surface area contributed by atoms with Gasteiger partial charge in [0.1, 0.15) is 11.6 Å². The number of carbonyl (C=O) groups is 2. The molecular formula is C21H24ClFN4O4. The number of hydrogen-bond donors (Lipinski definition) is 4. The molecule has 0 unspecified atom stereocenters. The number of imidazole rings is 1. The van der Waals surface area contributed by atoms with Crippen molar-refractivity contribution in [1.29, 1.82) is 0 Å². The second-order valence-electron chi connectivity index (χ2n) is 6.71. The summed E-state index contributed by atoms with van der Waals surface area (Å²) in [6.07, 6.45) is 3.25. The van der Waals surface area contributed by atoms with E-state index in [0.29, 0.717) is 36.1 Å². The van der Waals surface area contributed by atoms with Gasteiger partial charge in [0, 0.05) is 24.6 Å². The molecule has 3 rings (SSSR count). The number of carboxylic acid groups (broad SMARTS) is 1. The van der Waals surface area contributed by atoms with Crippen LogP contribution >= 0.6 is 11.6 Å². The van der Waals surface area contributed by atoms with Gasteiger partial charge < -0.3 is 15.4 Å². The van der Waals surface area contributed by atoms with E-state index < -0.39 is 11.7 Å². The Labute approximate surface area is 183 Å². The molecule has 2 aromatic carbocycles. The van der Waals surface area contributed by atoms with E-state index in [2.05, 4.69) is 4.98 Å². The van der Waals surface area contributed by atoms with Crippen LogP contribution in [0.15, 0.2) is 36.4 Å². The molecule has 0 aliphatic rings. The molecule has 31 heavy (non-hydrogen) atoms. The van der Waals surface area contributed by atoms with Crippen molar-refractivity contribution in [2.24, 2.45) is 5.73 Å². The Hall–Kier alpha value is -3.01. The molecule has 8 nitrogen and oxygen atoms in total. The number of hydrogen-bond acceptors (Lipinski definition) is 5. The van der Waals surface area contributed by atoms with Gasteiger partial charge in [0.15, 0.2) is 0 Å². The number of unbranched alkanes of at least 4 members (excludes halogenated alkanes) is 2. The Balaban J connectivity index is 0.00000107. The van der Waals surface area contributed by atoms with Crippen molar-refractivity contribution in [1.82, 2.24) is 15.0 Å². The highest BCUT2D eigenvalue weighted by Crippen LogP contribution is 2.25. The maximum Gasteiger partial charge on any atom is 0.290 e. The molecule has 0 saturated heterocycles. The first-order valence-corrected chi connectivity index (χ1v) is 9.98. The first kappa shape index (κ1) is 24.3. The summed E-state index contributed by atoms with van der Waals surface area (Å²) in [7, 11) is 0. The molecule has 1 heterocycles. The van der Waals surface area contributed by atoms with E-state index in [1.54, 1.807) is 23.7 Å². The highest BCUT2D eigenvalue weighted by Gasteiger charge is 2.15. The molecular weight excluding hydrogens is 427 g/mol. The van der Waals surface area contributed by atoms with Crippen molar-refractivity contribution in [3.05, 3.63) is 64.2 Å². The van der Waals surface area contributed by atoms with E-state index >= 15 is 0 Å². The molecule has 3 aromatic rings. The van der Waals surface area contributed by atoms with Gasteiger partial charge in [0.05, 0.1) is 16.1 Å². The lowest BCUT2D eigenvalue weighted by atomic mass is 10.1. The Morgan fingerprint density at radius 2 is 2.00 bits per heavy atom. The number of amides is 1. The summed E-state index contributed by atoms with van der Waals surface area (Å²) in [5.74, 6) is -0.303. The van der Waals surface area contributed by atoms with Crippen LogP contribution in [0.5, 0.6) is 0 Å². The van der Waals surface area contributed by atoms with Crippen molar-refractivity contribution < 1.29 is 24.3 Å². The number of benzene rings is 2. The van der Waals surface area contributed by atoms with Gasteiger partial charge in [-0.3, -0.25) is 14.8 Å². The van der Waals surface area contributed by atoms with Gasteiger partial charge in [-0.25, -0.2) is 14.9 Å². The molecule has 0 radical (unpaired) electrons. The van der Waals surface area contributed by atoms with Gasteiger partial charge in [0.2, 0.25) is 0 Å². The fraction of sp³-hybridized carbons (Fsp3) is 0.286. The fourth-order valence-electron chi connectivity index (χ4n) is 3.22. The van der Waals surface area contributed by atoms with Crippen molar-refractivity contribution in [2.75, 3.05) is 6.54 Å². The van der Waals surface area contributed by atoms with E-state index in [4.69, 9.17) is 32.4 Å². The van der Waals surface area contributed by atoms with Gasteiger partial charge >= 0.3 is 0 Å². The van der Waals surface area contributed by atoms with Crippen molar-refractivity contribution in [3.8, 4) is 0 Å². The number of halogens is 2. The van der Waals surface area contributed by atoms with Crippen LogP contribution in [0.2, 0.25) is 5.02 Å². The first-order valence-electron chi connectivity index (χ1n) is 9.60. The standard InChI is InChI=1S/C20H22ClFN4O2.CH2O2/c21-15-11-17-18(12-16(15)22)26(8-3-1-2-7-23)19(24-17)10-13-5-4-6-14(9-13)20(27)25-28;2-1-3/h4-6,9,11-12,28H,1-3,7-8,10,23H2,(H,25,27);1H,(H,2,3). The summed E-state index contributed by atoms with van der Waals surface area (Å²) in [5.41, 5.74) is 9.71. The topological polar surface area (TPSA) is 130 Å². The van der Waals surface area contributed by atoms with Gasteiger partial charge in [-0.15, -0.1) is 0 Å². The summed E-state index contributed by atoms with van der Waals surface area (Å²) in [4.78, 5) is 24.7. The summed E-state index contributed by atoms with van der Waals surface area (Å²) < 4.78 is 16.0. The molecule has 1 amide bonds. The fourth-order valence-corrected chi connectivity index (χ4v) is 3.37. The zero-order chi connectivity index (χ0) is 22.8. The third-order valence-corrected chi connectivity index (χ3v) is 4.90. The predicted molar refractivity (Wildman–Crippen MR) is 115 cm³/mol.